The first-order chi connectivity index (χ1) is 21.2. The highest BCUT2D eigenvalue weighted by molar-refractivity contribution is 5.93. The number of hydrogen-bond acceptors (Lipinski definition) is 5. The molecule has 3 heterocycles. The fraction of sp³-hybridized carbons (Fsp3) is 0.267. The van der Waals surface area contributed by atoms with E-state index < -0.39 is 41.7 Å². The number of benzene rings is 2. The van der Waals surface area contributed by atoms with Crippen LogP contribution in [0.15, 0.2) is 66.9 Å². The van der Waals surface area contributed by atoms with Crippen LogP contribution in [0.4, 0.5) is 36.8 Å². The molecule has 0 saturated heterocycles. The number of nitrogens with zero attached hydrogens (tertiary/aromatic N) is 4. The lowest BCUT2D eigenvalue weighted by Crippen LogP contribution is -2.34. The highest BCUT2D eigenvalue weighted by atomic mass is 19.4. The molecule has 2 amide bonds. The molecule has 0 aliphatic carbocycles. The van der Waals surface area contributed by atoms with Gasteiger partial charge in [-0.25, -0.2) is 4.79 Å². The molecular weight excluding hydrogens is 606 g/mol. The number of carbonyl (C=O) groups excluding carboxylic acids is 1. The zero-order valence-electron chi connectivity index (χ0n) is 23.6. The van der Waals surface area contributed by atoms with E-state index in [1.807, 2.05) is 4.90 Å². The minimum Gasteiger partial charge on any atom is -0.465 e. The number of halogens is 6. The molecule has 0 unspecified atom stereocenters. The first-order valence-corrected chi connectivity index (χ1v) is 13.6. The highest BCUT2D eigenvalue weighted by Gasteiger charge is 2.36. The van der Waals surface area contributed by atoms with Crippen molar-refractivity contribution < 1.29 is 41.0 Å². The Balaban J connectivity index is 1.29. The van der Waals surface area contributed by atoms with E-state index in [9.17, 15) is 35.9 Å². The van der Waals surface area contributed by atoms with Crippen molar-refractivity contribution in [1.29, 1.82) is 0 Å². The van der Waals surface area contributed by atoms with Crippen molar-refractivity contribution in [3.63, 3.8) is 0 Å². The van der Waals surface area contributed by atoms with E-state index in [0.717, 1.165) is 18.2 Å². The second-order valence-electron chi connectivity index (χ2n) is 10.4. The molecule has 1 atom stereocenters. The summed E-state index contributed by atoms with van der Waals surface area (Å²) in [5, 5.41) is 17.6. The summed E-state index contributed by atoms with van der Waals surface area (Å²) in [6.45, 7) is 2.29. The number of alkyl halides is 6. The maximum atomic E-state index is 13.4. The minimum absolute atomic E-state index is 0.0885. The van der Waals surface area contributed by atoms with Gasteiger partial charge >= 0.3 is 18.4 Å². The zero-order valence-corrected chi connectivity index (χ0v) is 23.6. The molecule has 45 heavy (non-hydrogen) atoms. The second-order valence-corrected chi connectivity index (χ2v) is 10.4. The Hall–Kier alpha value is -5.08. The Morgan fingerprint density at radius 2 is 1.69 bits per heavy atom. The van der Waals surface area contributed by atoms with Crippen LogP contribution in [0, 0.1) is 0 Å². The second kappa shape index (κ2) is 12.1. The molecule has 15 heteroatoms. The molecule has 0 saturated carbocycles. The van der Waals surface area contributed by atoms with Gasteiger partial charge in [-0.3, -0.25) is 14.5 Å². The van der Waals surface area contributed by atoms with E-state index in [2.05, 4.69) is 20.7 Å². The van der Waals surface area contributed by atoms with Crippen LogP contribution < -0.4 is 15.5 Å². The number of pyridine rings is 1. The number of nitrogens with one attached hydrogen (secondary N) is 2. The summed E-state index contributed by atoms with van der Waals surface area (Å²) >= 11 is 0. The number of anilines is 1. The first-order valence-electron chi connectivity index (χ1n) is 13.6. The molecule has 0 spiro atoms. The summed E-state index contributed by atoms with van der Waals surface area (Å²) < 4.78 is 80.7. The zero-order chi connectivity index (χ0) is 32.5. The van der Waals surface area contributed by atoms with E-state index in [0.29, 0.717) is 34.6 Å². The highest BCUT2D eigenvalue weighted by Crippen LogP contribution is 2.35. The van der Waals surface area contributed by atoms with Crippen LogP contribution >= 0.6 is 0 Å². The Bertz CT molecular complexity index is 1720. The van der Waals surface area contributed by atoms with Crippen molar-refractivity contribution in [3.05, 3.63) is 101 Å². The van der Waals surface area contributed by atoms with Crippen molar-refractivity contribution in [2.24, 2.45) is 0 Å². The lowest BCUT2D eigenvalue weighted by molar-refractivity contribution is -0.141. The minimum atomic E-state index is -4.59. The van der Waals surface area contributed by atoms with Gasteiger partial charge in [0, 0.05) is 25.0 Å². The predicted octanol–water partition coefficient (Wildman–Crippen LogP) is 6.26. The Kier molecular flexibility index (Phi) is 8.45. The Labute approximate surface area is 252 Å². The van der Waals surface area contributed by atoms with Gasteiger partial charge < -0.3 is 20.6 Å². The van der Waals surface area contributed by atoms with Gasteiger partial charge in [-0.15, -0.1) is 0 Å². The molecule has 0 radical (unpaired) electrons. The topological polar surface area (TPSA) is 112 Å². The molecule has 9 nitrogen and oxygen atoms in total. The number of rotatable bonds is 7. The van der Waals surface area contributed by atoms with E-state index >= 15 is 0 Å². The fourth-order valence-corrected chi connectivity index (χ4v) is 5.02. The van der Waals surface area contributed by atoms with Crippen LogP contribution in [0.5, 0.6) is 0 Å². The number of aromatic nitrogens is 3. The maximum absolute atomic E-state index is 13.4. The summed E-state index contributed by atoms with van der Waals surface area (Å²) in [4.78, 5) is 30.0. The third-order valence-electron chi connectivity index (χ3n) is 7.37. The number of amides is 2. The van der Waals surface area contributed by atoms with Gasteiger partial charge in [-0.2, -0.15) is 31.4 Å². The number of fused-ring (bicyclic) bond motifs is 1. The SMILES string of the molecule is C[C@@H](NC(=O)c1cc(N2CCn3nc(C(F)(F)F)cc3C2)ccn1)c1ccc(-c2cc(C(F)(F)F)ccc2CNC(=O)O)cc1. The molecule has 0 bridgehead atoms. The lowest BCUT2D eigenvalue weighted by Gasteiger charge is -2.29. The van der Waals surface area contributed by atoms with E-state index in [4.69, 9.17) is 5.11 Å². The summed E-state index contributed by atoms with van der Waals surface area (Å²) in [6.07, 6.45) is -9.02. The van der Waals surface area contributed by atoms with E-state index in [1.54, 1.807) is 43.3 Å². The van der Waals surface area contributed by atoms with Crippen LogP contribution in [0.2, 0.25) is 0 Å². The van der Waals surface area contributed by atoms with Crippen molar-refractivity contribution in [2.45, 2.75) is 45.0 Å². The number of carboxylic acid groups (broad SMARTS) is 1. The fourth-order valence-electron chi connectivity index (χ4n) is 5.02. The number of carbonyl (C=O) groups is 2. The monoisotopic (exact) mass is 632 g/mol. The quantitative estimate of drug-likeness (QED) is 0.208. The predicted molar refractivity (Wildman–Crippen MR) is 150 cm³/mol. The van der Waals surface area contributed by atoms with Crippen molar-refractivity contribution in [2.75, 3.05) is 11.4 Å². The lowest BCUT2D eigenvalue weighted by atomic mass is 9.95. The molecular formula is C30H26F6N6O3. The molecule has 4 aromatic rings. The Morgan fingerprint density at radius 3 is 2.36 bits per heavy atom. The Morgan fingerprint density at radius 1 is 0.956 bits per heavy atom. The van der Waals surface area contributed by atoms with E-state index in [1.165, 1.54) is 16.9 Å². The van der Waals surface area contributed by atoms with Gasteiger partial charge in [-0.05, 0) is 59.5 Å². The molecule has 2 aromatic carbocycles. The molecule has 1 aliphatic rings. The van der Waals surface area contributed by atoms with Crippen LogP contribution in [0.3, 0.4) is 0 Å². The average Bonchev–Trinajstić information content (AvgIpc) is 3.44. The summed E-state index contributed by atoms with van der Waals surface area (Å²) in [7, 11) is 0. The third kappa shape index (κ3) is 7.19. The number of hydrogen-bond donors (Lipinski definition) is 3. The summed E-state index contributed by atoms with van der Waals surface area (Å²) in [5.74, 6) is -0.505. The van der Waals surface area contributed by atoms with Crippen molar-refractivity contribution in [1.82, 2.24) is 25.4 Å². The molecule has 1 aliphatic heterocycles. The smallest absolute Gasteiger partial charge is 0.435 e. The van der Waals surface area contributed by atoms with Gasteiger partial charge in [-0.1, -0.05) is 30.3 Å². The normalized spacial score (nSPS) is 14.1. The standard InChI is InChI=1S/C30H26F6N6O3/c1-17(18-2-4-19(5-3-18)24-12-21(29(31,32)33)7-6-20(24)15-38-28(44)45)39-27(43)25-13-22(8-9-37-25)41-10-11-42-23(16-41)14-26(40-42)30(34,35)36/h2-9,12-14,17,38H,10-11,15-16H2,1H3,(H,39,43)(H,44,45)/t17-/m1/s1. The van der Waals surface area contributed by atoms with Gasteiger partial charge in [0.2, 0.25) is 0 Å². The first kappa shape index (κ1) is 31.3. The molecule has 2 aromatic heterocycles. The summed E-state index contributed by atoms with van der Waals surface area (Å²) in [5.41, 5.74) is 0.869. The van der Waals surface area contributed by atoms with Crippen molar-refractivity contribution >= 4 is 17.7 Å². The van der Waals surface area contributed by atoms with Gasteiger partial charge in [0.15, 0.2) is 5.69 Å². The molecule has 3 N–H and O–H groups in total. The van der Waals surface area contributed by atoms with E-state index in [-0.39, 0.29) is 30.9 Å². The van der Waals surface area contributed by atoms with Gasteiger partial charge in [0.1, 0.15) is 5.69 Å². The van der Waals surface area contributed by atoms with Crippen LogP contribution in [-0.4, -0.2) is 38.4 Å². The average molecular weight is 633 g/mol. The van der Waals surface area contributed by atoms with Crippen molar-refractivity contribution in [3.8, 4) is 11.1 Å². The van der Waals surface area contributed by atoms with Crippen LogP contribution in [-0.2, 0) is 32.0 Å². The van der Waals surface area contributed by atoms with Gasteiger partial charge in [0.25, 0.3) is 5.91 Å². The van der Waals surface area contributed by atoms with Crippen LogP contribution in [0.25, 0.3) is 11.1 Å². The largest absolute Gasteiger partial charge is 0.465 e. The van der Waals surface area contributed by atoms with Gasteiger partial charge in [0.05, 0.1) is 30.4 Å². The van der Waals surface area contributed by atoms with Crippen LogP contribution in [0.1, 0.15) is 51.5 Å². The molecule has 236 valence electrons. The maximum Gasteiger partial charge on any atom is 0.435 e. The molecule has 5 rings (SSSR count). The third-order valence-corrected chi connectivity index (χ3v) is 7.37. The summed E-state index contributed by atoms with van der Waals surface area (Å²) in [6, 6.07) is 13.2. The molecule has 0 fully saturated rings.